The molecule has 0 spiro atoms. The molecule has 2 nitrogen and oxygen atoms in total. The van der Waals surface area contributed by atoms with Crippen molar-refractivity contribution in [1.82, 2.24) is 0 Å². The van der Waals surface area contributed by atoms with E-state index in [1.807, 2.05) is 0 Å². The molecule has 0 heterocycles. The molecule has 1 atom stereocenters. The van der Waals surface area contributed by atoms with Crippen molar-refractivity contribution in [1.29, 1.82) is 0 Å². The number of unbranched alkanes of at least 4 members (excludes halogenated alkanes) is 15. The average Bonchev–Trinajstić information content (AvgIpc) is 2.95. The normalized spacial score (nSPS) is 12.9. The largest absolute Gasteiger partial charge is 0.481 e. The molecular formula is C41H66O2. The van der Waals surface area contributed by atoms with Crippen LogP contribution in [0.2, 0.25) is 0 Å². The average molecular weight is 591 g/mol. The second-order valence-electron chi connectivity index (χ2n) is 15.3. The minimum absolute atomic E-state index is 0.0478. The number of carbonyl (C=O) groups is 1. The van der Waals surface area contributed by atoms with E-state index in [0.717, 1.165) is 19.3 Å². The Bertz CT molecular complexity index is 1000. The summed E-state index contributed by atoms with van der Waals surface area (Å²) in [6, 6.07) is 15.3. The highest BCUT2D eigenvalue weighted by Crippen LogP contribution is 2.42. The Hall–Kier alpha value is -2.09. The molecule has 242 valence electrons. The van der Waals surface area contributed by atoms with E-state index in [9.17, 15) is 9.90 Å². The molecule has 0 aromatic heterocycles. The van der Waals surface area contributed by atoms with Crippen molar-refractivity contribution in [3.63, 3.8) is 0 Å². The third kappa shape index (κ3) is 14.0. The van der Waals surface area contributed by atoms with Crippen molar-refractivity contribution in [2.75, 3.05) is 0 Å². The molecule has 2 rings (SSSR count). The fourth-order valence-corrected chi connectivity index (χ4v) is 6.45. The van der Waals surface area contributed by atoms with Crippen LogP contribution in [0, 0.1) is 5.92 Å². The van der Waals surface area contributed by atoms with Crippen LogP contribution in [0.4, 0.5) is 0 Å². The summed E-state index contributed by atoms with van der Waals surface area (Å²) in [5, 5.41) is 10.2. The Morgan fingerprint density at radius 1 is 0.628 bits per heavy atom. The van der Waals surface area contributed by atoms with Crippen LogP contribution < -0.4 is 0 Å². The standard InChI is InChI=1S/C41H66O2/c1-8-9-10-11-12-13-14-15-16-17-18-19-20-21-22-24-29-35(39(42)43)30-33-31-36(40(2,3)4)38(34-27-25-23-26-28-34)37(32-33)41(5,6)7/h23,25-28,31-32,35H,8-22,24,29-30H2,1-7H3,(H,42,43). The monoisotopic (exact) mass is 591 g/mol. The lowest BCUT2D eigenvalue weighted by Crippen LogP contribution is -2.22. The third-order valence-electron chi connectivity index (χ3n) is 9.11. The van der Waals surface area contributed by atoms with Crippen LogP contribution >= 0.6 is 0 Å². The van der Waals surface area contributed by atoms with Gasteiger partial charge in [0.1, 0.15) is 0 Å². The first-order chi connectivity index (χ1) is 20.4. The minimum atomic E-state index is -0.650. The van der Waals surface area contributed by atoms with E-state index < -0.39 is 5.97 Å². The molecule has 0 saturated carbocycles. The minimum Gasteiger partial charge on any atom is -0.481 e. The van der Waals surface area contributed by atoms with E-state index in [1.54, 1.807) is 0 Å². The fraction of sp³-hybridized carbons (Fsp3) is 0.683. The molecule has 0 aliphatic carbocycles. The Morgan fingerprint density at radius 3 is 1.40 bits per heavy atom. The van der Waals surface area contributed by atoms with Crippen molar-refractivity contribution in [3.05, 3.63) is 59.2 Å². The van der Waals surface area contributed by atoms with Crippen LogP contribution in [-0.2, 0) is 22.0 Å². The molecule has 0 radical (unpaired) electrons. The molecule has 0 bridgehead atoms. The van der Waals surface area contributed by atoms with Gasteiger partial charge in [0.25, 0.3) is 0 Å². The summed E-state index contributed by atoms with van der Waals surface area (Å²) < 4.78 is 0. The van der Waals surface area contributed by atoms with Gasteiger partial charge in [-0.25, -0.2) is 0 Å². The Kier molecular flexibility index (Phi) is 16.7. The first-order valence-corrected chi connectivity index (χ1v) is 17.9. The zero-order valence-electron chi connectivity index (χ0n) is 29.2. The van der Waals surface area contributed by atoms with E-state index in [4.69, 9.17) is 0 Å². The lowest BCUT2D eigenvalue weighted by molar-refractivity contribution is -0.142. The van der Waals surface area contributed by atoms with Crippen LogP contribution in [0.5, 0.6) is 0 Å². The van der Waals surface area contributed by atoms with Gasteiger partial charge in [0.05, 0.1) is 5.92 Å². The summed E-state index contributed by atoms with van der Waals surface area (Å²) in [4.78, 5) is 12.3. The van der Waals surface area contributed by atoms with E-state index in [1.165, 1.54) is 118 Å². The second-order valence-corrected chi connectivity index (χ2v) is 15.3. The predicted octanol–water partition coefficient (Wildman–Crippen LogP) is 12.8. The first kappa shape index (κ1) is 37.1. The van der Waals surface area contributed by atoms with E-state index >= 15 is 0 Å². The molecule has 2 aromatic carbocycles. The Morgan fingerprint density at radius 2 is 1.02 bits per heavy atom. The van der Waals surface area contributed by atoms with Gasteiger partial charge in [-0.05, 0) is 51.5 Å². The zero-order valence-corrected chi connectivity index (χ0v) is 29.2. The van der Waals surface area contributed by atoms with Gasteiger partial charge in [0.15, 0.2) is 0 Å². The predicted molar refractivity (Wildman–Crippen MR) is 188 cm³/mol. The van der Waals surface area contributed by atoms with Crippen molar-refractivity contribution >= 4 is 5.97 Å². The lowest BCUT2D eigenvalue weighted by atomic mass is 9.73. The highest BCUT2D eigenvalue weighted by Gasteiger charge is 2.28. The van der Waals surface area contributed by atoms with E-state index in [-0.39, 0.29) is 16.7 Å². The quantitative estimate of drug-likeness (QED) is 0.147. The highest BCUT2D eigenvalue weighted by molar-refractivity contribution is 5.75. The van der Waals surface area contributed by atoms with Crippen molar-refractivity contribution in [2.45, 2.75) is 175 Å². The molecular weight excluding hydrogens is 524 g/mol. The van der Waals surface area contributed by atoms with Crippen LogP contribution in [0.25, 0.3) is 11.1 Å². The van der Waals surface area contributed by atoms with Gasteiger partial charge >= 0.3 is 5.97 Å². The van der Waals surface area contributed by atoms with Gasteiger partial charge < -0.3 is 5.11 Å². The van der Waals surface area contributed by atoms with Crippen molar-refractivity contribution in [3.8, 4) is 11.1 Å². The number of carboxylic acid groups (broad SMARTS) is 1. The van der Waals surface area contributed by atoms with Gasteiger partial charge in [-0.2, -0.15) is 0 Å². The number of carboxylic acids is 1. The summed E-state index contributed by atoms with van der Waals surface area (Å²) in [7, 11) is 0. The molecule has 43 heavy (non-hydrogen) atoms. The maximum Gasteiger partial charge on any atom is 0.306 e. The molecule has 0 saturated heterocycles. The SMILES string of the molecule is CCCCCCCCCCCCCCCCCCC(Cc1cc(C(C)(C)C)c(-c2ccccc2)c(C(C)(C)C)c1)C(=O)O. The fourth-order valence-electron chi connectivity index (χ4n) is 6.45. The molecule has 0 amide bonds. The van der Waals surface area contributed by atoms with E-state index in [2.05, 4.69) is 90.9 Å². The maximum atomic E-state index is 12.3. The van der Waals surface area contributed by atoms with Crippen LogP contribution in [0.1, 0.15) is 174 Å². The number of hydrogen-bond acceptors (Lipinski definition) is 1. The number of aliphatic carboxylic acids is 1. The van der Waals surface area contributed by atoms with Gasteiger partial charge in [-0.1, -0.05) is 194 Å². The highest BCUT2D eigenvalue weighted by atomic mass is 16.4. The molecule has 1 N–H and O–H groups in total. The van der Waals surface area contributed by atoms with Crippen LogP contribution in [-0.4, -0.2) is 11.1 Å². The Balaban J connectivity index is 1.85. The lowest BCUT2D eigenvalue weighted by Gasteiger charge is -2.32. The van der Waals surface area contributed by atoms with Crippen molar-refractivity contribution < 1.29 is 9.90 Å². The molecule has 0 fully saturated rings. The molecule has 0 aliphatic rings. The Labute approximate surface area is 266 Å². The number of hydrogen-bond donors (Lipinski definition) is 1. The summed E-state index contributed by atoms with van der Waals surface area (Å²) in [6.07, 6.45) is 22.8. The van der Waals surface area contributed by atoms with E-state index in [0.29, 0.717) is 6.42 Å². The summed E-state index contributed by atoms with van der Waals surface area (Å²) >= 11 is 0. The molecule has 2 aromatic rings. The van der Waals surface area contributed by atoms with Crippen LogP contribution in [0.15, 0.2) is 42.5 Å². The molecule has 1 unspecified atom stereocenters. The van der Waals surface area contributed by atoms with Gasteiger partial charge in [0.2, 0.25) is 0 Å². The van der Waals surface area contributed by atoms with Crippen LogP contribution in [0.3, 0.4) is 0 Å². The summed E-state index contributed by atoms with van der Waals surface area (Å²) in [5.41, 5.74) is 6.25. The number of rotatable bonds is 21. The molecule has 2 heteroatoms. The first-order valence-electron chi connectivity index (χ1n) is 17.9. The second kappa shape index (κ2) is 19.3. The van der Waals surface area contributed by atoms with Gasteiger partial charge in [-0.15, -0.1) is 0 Å². The number of benzene rings is 2. The smallest absolute Gasteiger partial charge is 0.306 e. The summed E-state index contributed by atoms with van der Waals surface area (Å²) in [5.74, 6) is -0.974. The molecule has 0 aliphatic heterocycles. The maximum absolute atomic E-state index is 12.3. The zero-order chi connectivity index (χ0) is 31.7. The summed E-state index contributed by atoms with van der Waals surface area (Å²) in [6.45, 7) is 15.9. The van der Waals surface area contributed by atoms with Gasteiger partial charge in [0, 0.05) is 0 Å². The van der Waals surface area contributed by atoms with Crippen molar-refractivity contribution in [2.24, 2.45) is 5.92 Å². The topological polar surface area (TPSA) is 37.3 Å². The van der Waals surface area contributed by atoms with Gasteiger partial charge in [-0.3, -0.25) is 4.79 Å². The third-order valence-corrected chi connectivity index (χ3v) is 9.11.